The highest BCUT2D eigenvalue weighted by atomic mass is 32.2. The largest absolute Gasteiger partial charge is 0.478 e. The van der Waals surface area contributed by atoms with Crippen molar-refractivity contribution in [2.24, 2.45) is 5.92 Å². The van der Waals surface area contributed by atoms with Crippen molar-refractivity contribution >= 4 is 23.6 Å². The number of thioether (sulfide) groups is 1. The van der Waals surface area contributed by atoms with Crippen LogP contribution < -0.4 is 0 Å². The van der Waals surface area contributed by atoms with Crippen LogP contribution in [0.5, 0.6) is 0 Å². The molecule has 0 unspecified atom stereocenters. The molecule has 6 heteroatoms. The van der Waals surface area contributed by atoms with Crippen molar-refractivity contribution in [1.29, 1.82) is 0 Å². The van der Waals surface area contributed by atoms with E-state index in [1.807, 2.05) is 29.2 Å². The number of likely N-dealkylation sites (tertiary alicyclic amines) is 1. The number of furan rings is 1. The third kappa shape index (κ3) is 4.07. The minimum atomic E-state index is -1.00. The fraction of sp³-hybridized carbons (Fsp3) is 0.368. The molecule has 2 aromatic rings. The second kappa shape index (κ2) is 7.78. The molecule has 132 valence electrons. The lowest BCUT2D eigenvalue weighted by molar-refractivity contribution is 0.0684. The van der Waals surface area contributed by atoms with Crippen molar-refractivity contribution in [1.82, 2.24) is 4.90 Å². The molecule has 3 rings (SSSR count). The lowest BCUT2D eigenvalue weighted by Gasteiger charge is -2.30. The standard InChI is InChI=1S/C19H21NO4S/c1-13-6-9-20(10-7-13)18(21)15-4-2-3-5-17(15)25-12-16-14(19(22)23)8-11-24-16/h2-5,8,11,13H,6-7,9-10,12H2,1H3,(H,22,23). The first-order valence-corrected chi connectivity index (χ1v) is 9.35. The number of hydrogen-bond acceptors (Lipinski definition) is 4. The van der Waals surface area contributed by atoms with E-state index in [0.717, 1.165) is 30.8 Å². The van der Waals surface area contributed by atoms with Crippen LogP contribution in [0.1, 0.15) is 46.2 Å². The number of benzene rings is 1. The Morgan fingerprint density at radius 3 is 2.64 bits per heavy atom. The van der Waals surface area contributed by atoms with Gasteiger partial charge in [-0.3, -0.25) is 4.79 Å². The van der Waals surface area contributed by atoms with Gasteiger partial charge in [0, 0.05) is 18.0 Å². The van der Waals surface area contributed by atoms with Crippen molar-refractivity contribution in [3.8, 4) is 0 Å². The smallest absolute Gasteiger partial charge is 0.339 e. The molecule has 1 saturated heterocycles. The van der Waals surface area contributed by atoms with Crippen molar-refractivity contribution < 1.29 is 19.1 Å². The number of carboxylic acids is 1. The first-order valence-electron chi connectivity index (χ1n) is 8.37. The number of rotatable bonds is 5. The number of carboxylic acid groups (broad SMARTS) is 1. The lowest BCUT2D eigenvalue weighted by atomic mass is 9.98. The van der Waals surface area contributed by atoms with Gasteiger partial charge in [-0.1, -0.05) is 19.1 Å². The summed E-state index contributed by atoms with van der Waals surface area (Å²) in [6.07, 6.45) is 3.45. The molecule has 0 radical (unpaired) electrons. The van der Waals surface area contributed by atoms with Crippen LogP contribution in [0.15, 0.2) is 45.9 Å². The number of nitrogens with zero attached hydrogens (tertiary/aromatic N) is 1. The van der Waals surface area contributed by atoms with E-state index in [0.29, 0.717) is 23.0 Å². The summed E-state index contributed by atoms with van der Waals surface area (Å²) in [4.78, 5) is 26.8. The molecule has 1 aromatic heterocycles. The summed E-state index contributed by atoms with van der Waals surface area (Å²) in [5.74, 6) is 0.494. The van der Waals surface area contributed by atoms with Gasteiger partial charge < -0.3 is 14.4 Å². The molecule has 1 aliphatic rings. The zero-order valence-electron chi connectivity index (χ0n) is 14.1. The van der Waals surface area contributed by atoms with E-state index in [2.05, 4.69) is 6.92 Å². The molecule has 0 bridgehead atoms. The lowest BCUT2D eigenvalue weighted by Crippen LogP contribution is -2.38. The Bertz CT molecular complexity index is 762. The Morgan fingerprint density at radius 1 is 1.20 bits per heavy atom. The quantitative estimate of drug-likeness (QED) is 0.812. The van der Waals surface area contributed by atoms with Gasteiger partial charge in [-0.25, -0.2) is 4.79 Å². The maximum absolute atomic E-state index is 12.9. The van der Waals surface area contributed by atoms with Gasteiger partial charge in [-0.2, -0.15) is 0 Å². The van der Waals surface area contributed by atoms with Gasteiger partial charge in [0.05, 0.1) is 17.6 Å². The van der Waals surface area contributed by atoms with Crippen LogP contribution in [-0.4, -0.2) is 35.0 Å². The van der Waals surface area contributed by atoms with Gasteiger partial charge in [0.2, 0.25) is 0 Å². The number of amides is 1. The summed E-state index contributed by atoms with van der Waals surface area (Å²) in [6, 6.07) is 8.93. The SMILES string of the molecule is CC1CCN(C(=O)c2ccccc2SCc2occc2C(=O)O)CC1. The molecule has 5 nitrogen and oxygen atoms in total. The Balaban J connectivity index is 1.73. The van der Waals surface area contributed by atoms with Crippen molar-refractivity contribution in [3.63, 3.8) is 0 Å². The van der Waals surface area contributed by atoms with E-state index in [4.69, 9.17) is 9.52 Å². The molecule has 1 aromatic carbocycles. The van der Waals surface area contributed by atoms with Gasteiger partial charge in [0.1, 0.15) is 11.3 Å². The fourth-order valence-electron chi connectivity index (χ4n) is 2.94. The molecule has 0 saturated carbocycles. The molecule has 0 aliphatic carbocycles. The topological polar surface area (TPSA) is 70.8 Å². The summed E-state index contributed by atoms with van der Waals surface area (Å²) in [7, 11) is 0. The maximum atomic E-state index is 12.9. The average Bonchev–Trinajstić information content (AvgIpc) is 3.09. The Hall–Kier alpha value is -2.21. The highest BCUT2D eigenvalue weighted by molar-refractivity contribution is 7.98. The first kappa shape index (κ1) is 17.6. The van der Waals surface area contributed by atoms with E-state index < -0.39 is 5.97 Å². The summed E-state index contributed by atoms with van der Waals surface area (Å²) < 4.78 is 5.28. The normalized spacial score (nSPS) is 15.3. The van der Waals surface area contributed by atoms with E-state index in [-0.39, 0.29) is 11.5 Å². The van der Waals surface area contributed by atoms with Gasteiger partial charge in [0.25, 0.3) is 5.91 Å². The Morgan fingerprint density at radius 2 is 1.92 bits per heavy atom. The second-order valence-electron chi connectivity index (χ2n) is 6.32. The molecule has 1 aliphatic heterocycles. The van der Waals surface area contributed by atoms with Gasteiger partial charge in [0.15, 0.2) is 0 Å². The fourth-order valence-corrected chi connectivity index (χ4v) is 3.93. The number of carbonyl (C=O) groups is 2. The predicted molar refractivity (Wildman–Crippen MR) is 96.0 cm³/mol. The van der Waals surface area contributed by atoms with Crippen molar-refractivity contribution in [3.05, 3.63) is 53.5 Å². The van der Waals surface area contributed by atoms with Crippen LogP contribution in [0.2, 0.25) is 0 Å². The van der Waals surface area contributed by atoms with Gasteiger partial charge >= 0.3 is 5.97 Å². The number of aromatic carboxylic acids is 1. The summed E-state index contributed by atoms with van der Waals surface area (Å²) in [5, 5.41) is 9.16. The van der Waals surface area contributed by atoms with E-state index >= 15 is 0 Å². The van der Waals surface area contributed by atoms with Crippen LogP contribution in [0.25, 0.3) is 0 Å². The monoisotopic (exact) mass is 359 g/mol. The van der Waals surface area contributed by atoms with Gasteiger partial charge in [-0.15, -0.1) is 11.8 Å². The summed E-state index contributed by atoms with van der Waals surface area (Å²) in [6.45, 7) is 3.80. The van der Waals surface area contributed by atoms with E-state index in [1.165, 1.54) is 24.1 Å². The van der Waals surface area contributed by atoms with Crippen LogP contribution in [0, 0.1) is 5.92 Å². The molecule has 25 heavy (non-hydrogen) atoms. The zero-order chi connectivity index (χ0) is 17.8. The molecule has 0 spiro atoms. The minimum absolute atomic E-state index is 0.0490. The van der Waals surface area contributed by atoms with Crippen LogP contribution in [0.4, 0.5) is 0 Å². The number of hydrogen-bond donors (Lipinski definition) is 1. The maximum Gasteiger partial charge on any atom is 0.339 e. The zero-order valence-corrected chi connectivity index (χ0v) is 14.9. The molecule has 0 atom stereocenters. The summed E-state index contributed by atoms with van der Waals surface area (Å²) in [5.41, 5.74) is 0.840. The van der Waals surface area contributed by atoms with Crippen LogP contribution >= 0.6 is 11.8 Å². The molecule has 1 N–H and O–H groups in total. The average molecular weight is 359 g/mol. The third-order valence-electron chi connectivity index (χ3n) is 4.52. The van der Waals surface area contributed by atoms with Crippen LogP contribution in [-0.2, 0) is 5.75 Å². The second-order valence-corrected chi connectivity index (χ2v) is 7.34. The van der Waals surface area contributed by atoms with E-state index in [1.54, 1.807) is 0 Å². The highest BCUT2D eigenvalue weighted by Crippen LogP contribution is 2.29. The third-order valence-corrected chi connectivity index (χ3v) is 5.60. The van der Waals surface area contributed by atoms with Crippen LogP contribution in [0.3, 0.4) is 0 Å². The predicted octanol–water partition coefficient (Wildman–Crippen LogP) is 4.14. The molecular weight excluding hydrogens is 338 g/mol. The highest BCUT2D eigenvalue weighted by Gasteiger charge is 2.23. The molecule has 2 heterocycles. The van der Waals surface area contributed by atoms with Crippen molar-refractivity contribution in [2.45, 2.75) is 30.4 Å². The molecule has 1 fully saturated rings. The minimum Gasteiger partial charge on any atom is -0.478 e. The number of carbonyl (C=O) groups excluding carboxylic acids is 1. The van der Waals surface area contributed by atoms with E-state index in [9.17, 15) is 9.59 Å². The molecular formula is C19H21NO4S. The Labute approximate surface area is 151 Å². The van der Waals surface area contributed by atoms with Crippen molar-refractivity contribution in [2.75, 3.05) is 13.1 Å². The Kier molecular flexibility index (Phi) is 5.48. The summed E-state index contributed by atoms with van der Waals surface area (Å²) >= 11 is 1.42. The first-order chi connectivity index (χ1) is 12.1. The number of piperidine rings is 1. The molecule has 1 amide bonds. The van der Waals surface area contributed by atoms with Gasteiger partial charge in [-0.05, 0) is 37.0 Å².